The molecule has 1 atom stereocenters. The lowest BCUT2D eigenvalue weighted by molar-refractivity contribution is -0.136. The van der Waals surface area contributed by atoms with Crippen molar-refractivity contribution in [2.24, 2.45) is 0 Å². The van der Waals surface area contributed by atoms with Crippen LogP contribution in [0.15, 0.2) is 0 Å². The zero-order valence-corrected chi connectivity index (χ0v) is 22.0. The van der Waals surface area contributed by atoms with E-state index in [1.54, 1.807) is 16.7 Å². The number of benzene rings is 1. The van der Waals surface area contributed by atoms with Gasteiger partial charge in [-0.1, -0.05) is 0 Å². The third-order valence-corrected chi connectivity index (χ3v) is 6.60. The first-order valence-corrected chi connectivity index (χ1v) is 13.1. The van der Waals surface area contributed by atoms with E-state index < -0.39 is 47.2 Å². The Bertz CT molecular complexity index is 1020. The number of thioether (sulfide) groups is 1. The number of ether oxygens (including phenoxy) is 3. The molecule has 0 saturated carbocycles. The van der Waals surface area contributed by atoms with Gasteiger partial charge in [0, 0.05) is 49.9 Å². The number of carbonyl (C=O) groups excluding carboxylic acids is 4. The number of ketones is 1. The highest BCUT2D eigenvalue weighted by Crippen LogP contribution is 2.29. The minimum Gasteiger partial charge on any atom is -0.420 e. The average Bonchev–Trinajstić information content (AvgIpc) is 3.25. The van der Waals surface area contributed by atoms with E-state index in [1.165, 1.54) is 6.92 Å². The summed E-state index contributed by atoms with van der Waals surface area (Å²) in [7, 11) is 0. The van der Waals surface area contributed by atoms with Crippen molar-refractivity contribution >= 4 is 35.3 Å². The van der Waals surface area contributed by atoms with Gasteiger partial charge < -0.3 is 24.4 Å². The molecule has 1 saturated heterocycles. The van der Waals surface area contributed by atoms with E-state index in [0.717, 1.165) is 0 Å². The SMILES string of the molecule is CC(=O)CCSC1CC(=O)N(CCC(=O)NCCOCCOCCC(=O)Oc2c(F)c(F)c(F)c(F)c2F)C1. The second kappa shape index (κ2) is 16.4. The van der Waals surface area contributed by atoms with Crippen molar-refractivity contribution in [3.05, 3.63) is 29.1 Å². The molecule has 1 heterocycles. The molecule has 1 aromatic carbocycles. The summed E-state index contributed by atoms with van der Waals surface area (Å²) in [6.07, 6.45) is 0.483. The number of nitrogens with zero attached hydrogens (tertiary/aromatic N) is 1. The Balaban J connectivity index is 1.50. The van der Waals surface area contributed by atoms with E-state index in [-0.39, 0.29) is 62.2 Å². The first-order valence-electron chi connectivity index (χ1n) is 12.0. The molecule has 2 rings (SSSR count). The van der Waals surface area contributed by atoms with Crippen LogP contribution < -0.4 is 10.1 Å². The van der Waals surface area contributed by atoms with Crippen LogP contribution in [0.25, 0.3) is 0 Å². The number of amides is 2. The lowest BCUT2D eigenvalue weighted by Gasteiger charge is -2.16. The molecule has 39 heavy (non-hydrogen) atoms. The monoisotopic (exact) mass is 584 g/mol. The molecule has 1 N–H and O–H groups in total. The molecule has 1 aromatic rings. The first kappa shape index (κ1) is 32.4. The van der Waals surface area contributed by atoms with Crippen molar-refractivity contribution < 1.29 is 55.3 Å². The fourth-order valence-corrected chi connectivity index (χ4v) is 4.62. The molecule has 1 fully saturated rings. The molecule has 1 aliphatic heterocycles. The fraction of sp³-hybridized carbons (Fsp3) is 0.583. The average molecular weight is 585 g/mol. The Hall–Kier alpha value is -2.78. The zero-order chi connectivity index (χ0) is 28.9. The Morgan fingerprint density at radius 1 is 0.897 bits per heavy atom. The minimum absolute atomic E-state index is 0.0164. The van der Waals surface area contributed by atoms with Gasteiger partial charge in [-0.15, -0.1) is 0 Å². The van der Waals surface area contributed by atoms with Crippen molar-refractivity contribution in [3.63, 3.8) is 0 Å². The standard InChI is InChI=1S/C24H29F5N2O7S/c1-14(32)4-11-39-15-12-17(34)31(13-15)6-2-16(33)30-5-8-37-10-9-36-7-3-18(35)38-24-22(28)20(26)19(25)21(27)23(24)29/h15H,2-13H2,1H3,(H,30,33). The lowest BCUT2D eigenvalue weighted by Crippen LogP contribution is -2.33. The summed E-state index contributed by atoms with van der Waals surface area (Å²) in [5.41, 5.74) is 0. The van der Waals surface area contributed by atoms with Crippen molar-refractivity contribution in [3.8, 4) is 5.75 Å². The van der Waals surface area contributed by atoms with Gasteiger partial charge in [-0.3, -0.25) is 19.2 Å². The second-order valence-electron chi connectivity index (χ2n) is 8.44. The van der Waals surface area contributed by atoms with E-state index in [0.29, 0.717) is 31.7 Å². The van der Waals surface area contributed by atoms with Gasteiger partial charge in [0.2, 0.25) is 46.6 Å². The molecule has 1 unspecified atom stereocenters. The smallest absolute Gasteiger partial charge is 0.313 e. The van der Waals surface area contributed by atoms with Crippen molar-refractivity contribution in [2.45, 2.75) is 37.9 Å². The molecule has 0 radical (unpaired) electrons. The van der Waals surface area contributed by atoms with E-state index in [1.807, 2.05) is 0 Å². The summed E-state index contributed by atoms with van der Waals surface area (Å²) in [4.78, 5) is 48.3. The third-order valence-electron chi connectivity index (χ3n) is 5.37. The summed E-state index contributed by atoms with van der Waals surface area (Å²) in [6.45, 7) is 2.60. The largest absolute Gasteiger partial charge is 0.420 e. The number of halogens is 5. The maximum Gasteiger partial charge on any atom is 0.313 e. The van der Waals surface area contributed by atoms with Gasteiger partial charge in [0.25, 0.3) is 0 Å². The van der Waals surface area contributed by atoms with Gasteiger partial charge in [0.05, 0.1) is 32.8 Å². The predicted octanol–water partition coefficient (Wildman–Crippen LogP) is 2.53. The number of hydrogen-bond donors (Lipinski definition) is 1. The summed E-state index contributed by atoms with van der Waals surface area (Å²) >= 11 is 1.59. The highest BCUT2D eigenvalue weighted by Gasteiger charge is 2.30. The van der Waals surface area contributed by atoms with Gasteiger partial charge in [-0.05, 0) is 6.92 Å². The van der Waals surface area contributed by atoms with Crippen LogP contribution in [0.4, 0.5) is 22.0 Å². The summed E-state index contributed by atoms with van der Waals surface area (Å²) in [5, 5.41) is 2.78. The van der Waals surface area contributed by atoms with Crippen LogP contribution in [0, 0.1) is 29.1 Å². The van der Waals surface area contributed by atoms with Gasteiger partial charge in [0.1, 0.15) is 5.78 Å². The molecule has 218 valence electrons. The molecular weight excluding hydrogens is 555 g/mol. The van der Waals surface area contributed by atoms with Gasteiger partial charge in [0.15, 0.2) is 0 Å². The van der Waals surface area contributed by atoms with Crippen LogP contribution in [-0.4, -0.2) is 85.5 Å². The van der Waals surface area contributed by atoms with Crippen LogP contribution in [-0.2, 0) is 28.7 Å². The van der Waals surface area contributed by atoms with Crippen LogP contribution in [0.3, 0.4) is 0 Å². The lowest BCUT2D eigenvalue weighted by atomic mass is 10.2. The molecule has 15 heteroatoms. The highest BCUT2D eigenvalue weighted by molar-refractivity contribution is 8.00. The van der Waals surface area contributed by atoms with Crippen molar-refractivity contribution in [1.29, 1.82) is 0 Å². The van der Waals surface area contributed by atoms with Crippen molar-refractivity contribution in [2.75, 3.05) is 51.8 Å². The second-order valence-corrected chi connectivity index (χ2v) is 9.84. The summed E-state index contributed by atoms with van der Waals surface area (Å²) in [5.74, 6) is -13.8. The Morgan fingerprint density at radius 3 is 2.15 bits per heavy atom. The van der Waals surface area contributed by atoms with E-state index >= 15 is 0 Å². The number of nitrogens with one attached hydrogen (secondary N) is 1. The Kier molecular flexibility index (Phi) is 13.6. The highest BCUT2D eigenvalue weighted by atomic mass is 32.2. The number of Topliss-reactive ketones (excluding diaryl/α,β-unsaturated/α-hetero) is 1. The molecule has 0 aliphatic carbocycles. The predicted molar refractivity (Wildman–Crippen MR) is 128 cm³/mol. The maximum atomic E-state index is 13.5. The third kappa shape index (κ3) is 10.7. The van der Waals surface area contributed by atoms with Crippen LogP contribution in [0.2, 0.25) is 0 Å². The number of rotatable bonds is 17. The minimum atomic E-state index is -2.36. The van der Waals surface area contributed by atoms with Gasteiger partial charge >= 0.3 is 5.97 Å². The number of likely N-dealkylation sites (tertiary alicyclic amines) is 1. The molecular formula is C24H29F5N2O7S. The van der Waals surface area contributed by atoms with Crippen LogP contribution >= 0.6 is 11.8 Å². The fourth-order valence-electron chi connectivity index (χ4n) is 3.34. The Morgan fingerprint density at radius 2 is 1.51 bits per heavy atom. The first-order chi connectivity index (χ1) is 18.5. The number of esters is 1. The van der Waals surface area contributed by atoms with E-state index in [4.69, 9.17) is 9.47 Å². The van der Waals surface area contributed by atoms with E-state index in [2.05, 4.69) is 10.1 Å². The normalized spacial score (nSPS) is 15.1. The molecule has 0 spiro atoms. The van der Waals surface area contributed by atoms with Crippen molar-refractivity contribution in [1.82, 2.24) is 10.2 Å². The zero-order valence-electron chi connectivity index (χ0n) is 21.2. The number of hydrogen-bond acceptors (Lipinski definition) is 8. The van der Waals surface area contributed by atoms with Crippen LogP contribution in [0.1, 0.15) is 32.6 Å². The summed E-state index contributed by atoms with van der Waals surface area (Å²) in [6, 6.07) is 0. The van der Waals surface area contributed by atoms with E-state index in [9.17, 15) is 41.1 Å². The maximum absolute atomic E-state index is 13.5. The molecule has 9 nitrogen and oxygen atoms in total. The molecule has 0 aromatic heterocycles. The Labute approximate surface area is 225 Å². The molecule has 1 aliphatic rings. The quantitative estimate of drug-likeness (QED) is 0.0743. The topological polar surface area (TPSA) is 111 Å². The van der Waals surface area contributed by atoms with Gasteiger partial charge in [-0.2, -0.15) is 20.5 Å². The van der Waals surface area contributed by atoms with Gasteiger partial charge in [-0.25, -0.2) is 13.2 Å². The summed E-state index contributed by atoms with van der Waals surface area (Å²) < 4.78 is 80.8. The van der Waals surface area contributed by atoms with Crippen LogP contribution in [0.5, 0.6) is 5.75 Å². The molecule has 2 amide bonds. The number of carbonyl (C=O) groups is 4. The molecule has 0 bridgehead atoms.